The molecule has 2 aliphatic rings. The van der Waals surface area contributed by atoms with Crippen LogP contribution in [-0.4, -0.2) is 46.2 Å². The Bertz CT molecular complexity index is 936. The van der Waals surface area contributed by atoms with Crippen LogP contribution in [0.1, 0.15) is 35.2 Å². The van der Waals surface area contributed by atoms with E-state index < -0.39 is 5.41 Å². The average molecular weight is 383 g/mol. The number of pyridine rings is 1. The summed E-state index contributed by atoms with van der Waals surface area (Å²) in [5.74, 6) is -0.395. The minimum Gasteiger partial charge on any atom is -0.338 e. The van der Waals surface area contributed by atoms with E-state index in [1.807, 2.05) is 4.90 Å². The molecule has 7 heteroatoms. The highest BCUT2D eigenvalue weighted by Crippen LogP contribution is 2.40. The van der Waals surface area contributed by atoms with E-state index in [1.165, 1.54) is 30.5 Å². The Balaban J connectivity index is 1.47. The number of carbonyl (C=O) groups is 2. The van der Waals surface area contributed by atoms with Gasteiger partial charge in [0.2, 0.25) is 11.5 Å². The van der Waals surface area contributed by atoms with Crippen LogP contribution in [0.2, 0.25) is 0 Å². The molecule has 3 heterocycles. The number of hydrogen-bond acceptors (Lipinski definition) is 3. The minimum absolute atomic E-state index is 0.0693. The molecule has 1 atom stereocenters. The summed E-state index contributed by atoms with van der Waals surface area (Å²) in [5.41, 5.74) is 0.512. The van der Waals surface area contributed by atoms with Crippen molar-refractivity contribution < 1.29 is 14.0 Å². The van der Waals surface area contributed by atoms with Crippen LogP contribution in [0.4, 0.5) is 4.39 Å². The van der Waals surface area contributed by atoms with Crippen LogP contribution in [0.3, 0.4) is 0 Å². The van der Waals surface area contributed by atoms with Crippen LogP contribution in [0.15, 0.2) is 47.4 Å². The molecule has 1 spiro atoms. The Morgan fingerprint density at radius 1 is 1.07 bits per heavy atom. The van der Waals surface area contributed by atoms with E-state index in [9.17, 15) is 18.8 Å². The van der Waals surface area contributed by atoms with Crippen LogP contribution in [-0.2, 0) is 11.3 Å². The van der Waals surface area contributed by atoms with Gasteiger partial charge in [-0.2, -0.15) is 0 Å². The number of nitrogens with zero attached hydrogens (tertiary/aromatic N) is 2. The van der Waals surface area contributed by atoms with E-state index in [-0.39, 0.29) is 23.2 Å². The van der Waals surface area contributed by atoms with Crippen molar-refractivity contribution in [2.24, 2.45) is 5.41 Å². The van der Waals surface area contributed by atoms with Crippen molar-refractivity contribution >= 4 is 11.8 Å². The van der Waals surface area contributed by atoms with Gasteiger partial charge in [-0.05, 0) is 43.0 Å². The van der Waals surface area contributed by atoms with Gasteiger partial charge >= 0.3 is 0 Å². The average Bonchev–Trinajstić information content (AvgIpc) is 3.12. The Morgan fingerprint density at radius 2 is 1.86 bits per heavy atom. The lowest BCUT2D eigenvalue weighted by Gasteiger charge is -2.39. The number of benzene rings is 1. The normalized spacial score (nSPS) is 22.1. The van der Waals surface area contributed by atoms with Crippen molar-refractivity contribution in [2.75, 3.05) is 19.6 Å². The third-order valence-corrected chi connectivity index (χ3v) is 5.78. The fraction of sp³-hybridized carbons (Fsp3) is 0.381. The number of aromatic amines is 1. The summed E-state index contributed by atoms with van der Waals surface area (Å²) in [7, 11) is 0. The Kier molecular flexibility index (Phi) is 4.75. The molecule has 0 bridgehead atoms. The predicted octanol–water partition coefficient (Wildman–Crippen LogP) is 2.17. The Hall–Kier alpha value is -2.96. The molecule has 1 aromatic heterocycles. The first-order valence-corrected chi connectivity index (χ1v) is 9.49. The quantitative estimate of drug-likeness (QED) is 0.883. The van der Waals surface area contributed by atoms with Gasteiger partial charge in [0.25, 0.3) is 5.91 Å². The zero-order chi connectivity index (χ0) is 19.7. The summed E-state index contributed by atoms with van der Waals surface area (Å²) in [6.07, 6.45) is 3.70. The van der Waals surface area contributed by atoms with Crippen LogP contribution >= 0.6 is 0 Å². The summed E-state index contributed by atoms with van der Waals surface area (Å²) in [4.78, 5) is 43.2. The van der Waals surface area contributed by atoms with Crippen LogP contribution in [0.25, 0.3) is 0 Å². The van der Waals surface area contributed by atoms with Crippen LogP contribution in [0, 0.1) is 11.2 Å². The van der Waals surface area contributed by atoms with Crippen molar-refractivity contribution in [1.82, 2.24) is 14.8 Å². The monoisotopic (exact) mass is 383 g/mol. The maximum atomic E-state index is 13.2. The summed E-state index contributed by atoms with van der Waals surface area (Å²) >= 11 is 0. The number of likely N-dealkylation sites (tertiary alicyclic amines) is 2. The van der Waals surface area contributed by atoms with E-state index >= 15 is 0 Å². The van der Waals surface area contributed by atoms with E-state index in [1.54, 1.807) is 17.0 Å². The van der Waals surface area contributed by atoms with Gasteiger partial charge in [-0.15, -0.1) is 0 Å². The number of piperidine rings is 1. The van der Waals surface area contributed by atoms with Gasteiger partial charge < -0.3 is 14.8 Å². The molecule has 28 heavy (non-hydrogen) atoms. The lowest BCUT2D eigenvalue weighted by molar-refractivity contribution is -0.146. The third-order valence-electron chi connectivity index (χ3n) is 5.78. The minimum atomic E-state index is -0.546. The number of rotatable bonds is 3. The molecule has 0 unspecified atom stereocenters. The molecule has 2 aliphatic heterocycles. The molecule has 0 aliphatic carbocycles. The number of halogens is 1. The highest BCUT2D eigenvalue weighted by atomic mass is 19.1. The standard InChI is InChI=1S/C21H22FN3O3/c22-17-5-2-15(3-6-17)13-24-10-1-8-21(20(24)28)9-11-25(14-21)19(27)16-4-7-18(26)23-12-16/h2-7,12H,1,8-11,13-14H2,(H,23,26)/t21-/m1/s1. The maximum absolute atomic E-state index is 13.2. The lowest BCUT2D eigenvalue weighted by atomic mass is 9.78. The van der Waals surface area contributed by atoms with Crippen molar-refractivity contribution in [1.29, 1.82) is 0 Å². The maximum Gasteiger partial charge on any atom is 0.255 e. The Morgan fingerprint density at radius 3 is 2.57 bits per heavy atom. The summed E-state index contributed by atoms with van der Waals surface area (Å²) < 4.78 is 13.1. The van der Waals surface area contributed by atoms with Gasteiger partial charge in [0.15, 0.2) is 0 Å². The molecule has 4 rings (SSSR count). The molecule has 1 N–H and O–H groups in total. The third kappa shape index (κ3) is 3.44. The van der Waals surface area contributed by atoms with Gasteiger partial charge in [-0.3, -0.25) is 14.4 Å². The number of amides is 2. The first-order valence-electron chi connectivity index (χ1n) is 9.49. The molecule has 2 saturated heterocycles. The molecule has 146 valence electrons. The van der Waals surface area contributed by atoms with E-state index in [0.29, 0.717) is 38.2 Å². The van der Waals surface area contributed by atoms with Crippen molar-refractivity contribution in [3.8, 4) is 0 Å². The fourth-order valence-electron chi connectivity index (χ4n) is 4.26. The molecule has 2 aromatic rings. The topological polar surface area (TPSA) is 73.5 Å². The highest BCUT2D eigenvalue weighted by Gasteiger charge is 2.49. The number of aromatic nitrogens is 1. The largest absolute Gasteiger partial charge is 0.338 e. The molecule has 0 radical (unpaired) electrons. The number of H-pyrrole nitrogens is 1. The second kappa shape index (κ2) is 7.22. The first-order chi connectivity index (χ1) is 13.5. The van der Waals surface area contributed by atoms with Gasteiger partial charge in [-0.1, -0.05) is 12.1 Å². The van der Waals surface area contributed by atoms with E-state index in [2.05, 4.69) is 4.98 Å². The second-order valence-electron chi connectivity index (χ2n) is 7.66. The SMILES string of the molecule is O=C(c1ccc(=O)[nH]c1)N1CC[C@]2(CCCN(Cc3ccc(F)cc3)C2=O)C1. The van der Waals surface area contributed by atoms with Crippen molar-refractivity contribution in [3.63, 3.8) is 0 Å². The smallest absolute Gasteiger partial charge is 0.255 e. The summed E-state index contributed by atoms with van der Waals surface area (Å²) in [6, 6.07) is 9.04. The summed E-state index contributed by atoms with van der Waals surface area (Å²) in [6.45, 7) is 2.04. The highest BCUT2D eigenvalue weighted by molar-refractivity contribution is 5.95. The predicted molar refractivity (Wildman–Crippen MR) is 101 cm³/mol. The van der Waals surface area contributed by atoms with Crippen molar-refractivity contribution in [3.05, 3.63) is 69.9 Å². The lowest BCUT2D eigenvalue weighted by Crippen LogP contribution is -2.50. The number of hydrogen-bond donors (Lipinski definition) is 1. The molecular formula is C21H22FN3O3. The van der Waals surface area contributed by atoms with Crippen LogP contribution < -0.4 is 5.56 Å². The zero-order valence-corrected chi connectivity index (χ0v) is 15.5. The molecule has 2 fully saturated rings. The fourth-order valence-corrected chi connectivity index (χ4v) is 4.26. The molecule has 1 aromatic carbocycles. The van der Waals surface area contributed by atoms with Gasteiger partial charge in [0.05, 0.1) is 11.0 Å². The van der Waals surface area contributed by atoms with E-state index in [4.69, 9.17) is 0 Å². The van der Waals surface area contributed by atoms with Gasteiger partial charge in [0, 0.05) is 38.4 Å². The Labute approximate surface area is 162 Å². The number of carbonyl (C=O) groups excluding carboxylic acids is 2. The molecular weight excluding hydrogens is 361 g/mol. The number of nitrogens with one attached hydrogen (secondary N) is 1. The van der Waals surface area contributed by atoms with E-state index in [0.717, 1.165) is 18.4 Å². The van der Waals surface area contributed by atoms with Crippen LogP contribution in [0.5, 0.6) is 0 Å². The summed E-state index contributed by atoms with van der Waals surface area (Å²) in [5, 5.41) is 0. The molecule has 0 saturated carbocycles. The van der Waals surface area contributed by atoms with Crippen molar-refractivity contribution in [2.45, 2.75) is 25.8 Å². The first kappa shape index (κ1) is 18.4. The molecule has 6 nitrogen and oxygen atoms in total. The molecule has 2 amide bonds. The van der Waals surface area contributed by atoms with Gasteiger partial charge in [0.1, 0.15) is 5.82 Å². The second-order valence-corrected chi connectivity index (χ2v) is 7.66. The van der Waals surface area contributed by atoms with Gasteiger partial charge in [-0.25, -0.2) is 4.39 Å². The zero-order valence-electron chi connectivity index (χ0n) is 15.5.